The molecule has 0 aliphatic heterocycles. The SMILES string of the molecule is COc1ccccc1/C=C(/NC(=O)c1ccccc1)C(=O)Nc1cccc(SC(C)C(=O)Nc2c(F)c(F)c(C(F)(F)F)c(F)c2F)c1. The van der Waals surface area contributed by atoms with E-state index in [1.165, 1.54) is 44.4 Å². The van der Waals surface area contributed by atoms with Gasteiger partial charge in [0.05, 0.1) is 12.4 Å². The molecule has 0 saturated heterocycles. The topological polar surface area (TPSA) is 96.5 Å². The van der Waals surface area contributed by atoms with Crippen LogP contribution in [0.1, 0.15) is 28.4 Å². The summed E-state index contributed by atoms with van der Waals surface area (Å²) in [5.41, 5.74) is -3.69. The quantitative estimate of drug-likeness (QED) is 0.0683. The van der Waals surface area contributed by atoms with Gasteiger partial charge in [0.2, 0.25) is 5.91 Å². The van der Waals surface area contributed by atoms with Crippen molar-refractivity contribution in [3.63, 3.8) is 0 Å². The van der Waals surface area contributed by atoms with E-state index in [9.17, 15) is 45.1 Å². The molecule has 0 radical (unpaired) electrons. The van der Waals surface area contributed by atoms with Crippen molar-refractivity contribution < 1.29 is 49.9 Å². The van der Waals surface area contributed by atoms with Crippen molar-refractivity contribution in [1.82, 2.24) is 5.32 Å². The minimum absolute atomic E-state index is 0.154. The molecule has 3 amide bonds. The first kappa shape index (κ1) is 35.5. The van der Waals surface area contributed by atoms with Crippen LogP contribution in [0.3, 0.4) is 0 Å². The second-order valence-electron chi connectivity index (χ2n) is 9.86. The lowest BCUT2D eigenvalue weighted by molar-refractivity contribution is -0.143. The molecule has 4 aromatic carbocycles. The molecule has 4 aromatic rings. The number of alkyl halides is 3. The summed E-state index contributed by atoms with van der Waals surface area (Å²) in [6.07, 6.45) is -4.33. The number of hydrogen-bond donors (Lipinski definition) is 3. The Hall–Kier alpha value is -5.31. The fraction of sp³-hybridized carbons (Fsp3) is 0.121. The van der Waals surface area contributed by atoms with Crippen LogP contribution in [-0.4, -0.2) is 30.1 Å². The smallest absolute Gasteiger partial charge is 0.422 e. The summed E-state index contributed by atoms with van der Waals surface area (Å²) < 4.78 is 101. The minimum Gasteiger partial charge on any atom is -0.496 e. The van der Waals surface area contributed by atoms with Gasteiger partial charge in [-0.05, 0) is 49.4 Å². The number of halogens is 7. The molecule has 1 atom stereocenters. The van der Waals surface area contributed by atoms with E-state index in [0.717, 1.165) is 11.8 Å². The first-order valence-corrected chi connectivity index (χ1v) is 14.6. The van der Waals surface area contributed by atoms with Crippen LogP contribution >= 0.6 is 11.8 Å². The van der Waals surface area contributed by atoms with E-state index in [2.05, 4.69) is 10.6 Å². The molecular formula is C33H24F7N3O4S. The van der Waals surface area contributed by atoms with Gasteiger partial charge in [-0.1, -0.05) is 42.5 Å². The Balaban J connectivity index is 1.53. The van der Waals surface area contributed by atoms with Crippen LogP contribution in [0.15, 0.2) is 89.5 Å². The number of thioether (sulfide) groups is 1. The van der Waals surface area contributed by atoms with Crippen LogP contribution in [0.2, 0.25) is 0 Å². The number of para-hydroxylation sites is 1. The lowest BCUT2D eigenvalue weighted by Gasteiger charge is -2.17. The molecule has 0 heterocycles. The normalized spacial score (nSPS) is 12.2. The first-order chi connectivity index (χ1) is 22.7. The number of nitrogens with one attached hydrogen (secondary N) is 3. The summed E-state index contributed by atoms with van der Waals surface area (Å²) in [6.45, 7) is 1.26. The van der Waals surface area contributed by atoms with Gasteiger partial charge in [-0.2, -0.15) is 13.2 Å². The Labute approximate surface area is 273 Å². The van der Waals surface area contributed by atoms with E-state index >= 15 is 0 Å². The predicted molar refractivity (Wildman–Crippen MR) is 165 cm³/mol. The Morgan fingerprint density at radius 1 is 0.812 bits per heavy atom. The van der Waals surface area contributed by atoms with Crippen molar-refractivity contribution in [2.75, 3.05) is 17.7 Å². The van der Waals surface area contributed by atoms with E-state index in [1.54, 1.807) is 59.9 Å². The number of ether oxygens (including phenoxy) is 1. The van der Waals surface area contributed by atoms with Crippen LogP contribution in [-0.2, 0) is 15.8 Å². The monoisotopic (exact) mass is 691 g/mol. The maximum Gasteiger partial charge on any atom is 0.422 e. The van der Waals surface area contributed by atoms with Crippen molar-refractivity contribution in [3.05, 3.63) is 125 Å². The molecule has 0 saturated carbocycles. The van der Waals surface area contributed by atoms with Crippen molar-refractivity contribution in [1.29, 1.82) is 0 Å². The number of benzene rings is 4. The number of rotatable bonds is 10. The highest BCUT2D eigenvalue weighted by atomic mass is 32.2. The molecule has 1 unspecified atom stereocenters. The largest absolute Gasteiger partial charge is 0.496 e. The van der Waals surface area contributed by atoms with E-state index in [4.69, 9.17) is 4.74 Å². The number of amides is 3. The van der Waals surface area contributed by atoms with Crippen molar-refractivity contribution >= 4 is 46.9 Å². The fourth-order valence-electron chi connectivity index (χ4n) is 4.20. The van der Waals surface area contributed by atoms with Crippen LogP contribution in [0.4, 0.5) is 42.1 Å². The number of hydrogen-bond acceptors (Lipinski definition) is 5. The molecule has 0 spiro atoms. The Morgan fingerprint density at radius 2 is 1.44 bits per heavy atom. The zero-order valence-corrected chi connectivity index (χ0v) is 25.7. The van der Waals surface area contributed by atoms with E-state index < -0.39 is 63.7 Å². The van der Waals surface area contributed by atoms with Crippen molar-refractivity contribution in [2.45, 2.75) is 23.2 Å². The average molecular weight is 692 g/mol. The van der Waals surface area contributed by atoms with Gasteiger partial charge in [-0.15, -0.1) is 11.8 Å². The lowest BCUT2D eigenvalue weighted by Crippen LogP contribution is -2.30. The second-order valence-corrected chi connectivity index (χ2v) is 11.3. The molecular weight excluding hydrogens is 667 g/mol. The maximum atomic E-state index is 14.3. The van der Waals surface area contributed by atoms with Crippen LogP contribution in [0.5, 0.6) is 5.75 Å². The number of anilines is 2. The molecule has 0 bridgehead atoms. The van der Waals surface area contributed by atoms with Crippen LogP contribution < -0.4 is 20.7 Å². The first-order valence-electron chi connectivity index (χ1n) is 13.7. The van der Waals surface area contributed by atoms with Gasteiger partial charge in [-0.25, -0.2) is 17.6 Å². The van der Waals surface area contributed by atoms with Gasteiger partial charge in [0.1, 0.15) is 22.7 Å². The van der Waals surface area contributed by atoms with Gasteiger partial charge in [0.25, 0.3) is 11.8 Å². The summed E-state index contributed by atoms with van der Waals surface area (Å²) >= 11 is 0.787. The van der Waals surface area contributed by atoms with Gasteiger partial charge >= 0.3 is 6.18 Å². The second kappa shape index (κ2) is 15.1. The van der Waals surface area contributed by atoms with E-state index in [1.807, 2.05) is 0 Å². The van der Waals surface area contributed by atoms with Gasteiger partial charge < -0.3 is 20.7 Å². The molecule has 0 fully saturated rings. The predicted octanol–water partition coefficient (Wildman–Crippen LogP) is 7.80. The fourth-order valence-corrected chi connectivity index (χ4v) is 5.13. The zero-order valence-electron chi connectivity index (χ0n) is 24.8. The number of carbonyl (C=O) groups excluding carboxylic acids is 3. The lowest BCUT2D eigenvalue weighted by atomic mass is 10.1. The molecule has 0 aromatic heterocycles. The Kier molecular flexibility index (Phi) is 11.2. The summed E-state index contributed by atoms with van der Waals surface area (Å²) in [4.78, 5) is 39.3. The van der Waals surface area contributed by atoms with E-state index in [0.29, 0.717) is 16.2 Å². The zero-order chi connectivity index (χ0) is 35.2. The Bertz CT molecular complexity index is 1860. The van der Waals surface area contributed by atoms with Gasteiger partial charge in [0.15, 0.2) is 23.3 Å². The number of carbonyl (C=O) groups is 3. The summed E-state index contributed by atoms with van der Waals surface area (Å²) in [6, 6.07) is 20.8. The summed E-state index contributed by atoms with van der Waals surface area (Å²) in [7, 11) is 1.44. The number of methoxy groups -OCH3 is 1. The van der Waals surface area contributed by atoms with Crippen LogP contribution in [0, 0.1) is 23.3 Å². The van der Waals surface area contributed by atoms with Crippen molar-refractivity contribution in [3.8, 4) is 5.75 Å². The molecule has 0 aliphatic rings. The summed E-state index contributed by atoms with van der Waals surface area (Å²) in [5.74, 6) is -12.4. The molecule has 4 rings (SSSR count). The highest BCUT2D eigenvalue weighted by Gasteiger charge is 2.42. The van der Waals surface area contributed by atoms with Crippen LogP contribution in [0.25, 0.3) is 6.08 Å². The van der Waals surface area contributed by atoms with Crippen molar-refractivity contribution in [2.24, 2.45) is 0 Å². The molecule has 15 heteroatoms. The molecule has 48 heavy (non-hydrogen) atoms. The standard InChI is InChI=1S/C33H24F7N3O4S/c1-17(30(44)43-29-27(36)25(34)24(33(38,39)40)26(35)28(29)37)48-21-13-8-12-20(16-21)41-32(46)22(15-19-11-6-7-14-23(19)47-2)42-31(45)18-9-4-3-5-10-18/h3-17H,1-2H3,(H,41,46)(H,42,45)(H,43,44)/b22-15+. The average Bonchev–Trinajstić information content (AvgIpc) is 3.05. The third-order valence-corrected chi connectivity index (χ3v) is 7.63. The molecule has 3 N–H and O–H groups in total. The minimum atomic E-state index is -5.74. The third kappa shape index (κ3) is 8.34. The maximum absolute atomic E-state index is 14.3. The van der Waals surface area contributed by atoms with Gasteiger partial charge in [-0.3, -0.25) is 14.4 Å². The highest BCUT2D eigenvalue weighted by molar-refractivity contribution is 8.00. The van der Waals surface area contributed by atoms with E-state index in [-0.39, 0.29) is 16.9 Å². The molecule has 0 aliphatic carbocycles. The summed E-state index contributed by atoms with van der Waals surface area (Å²) in [5, 5.41) is 5.61. The van der Waals surface area contributed by atoms with Gasteiger partial charge in [0, 0.05) is 21.7 Å². The Morgan fingerprint density at radius 3 is 2.06 bits per heavy atom. The third-order valence-electron chi connectivity index (χ3n) is 6.54. The highest BCUT2D eigenvalue weighted by Crippen LogP contribution is 2.39. The molecule has 250 valence electrons. The molecule has 7 nitrogen and oxygen atoms in total.